The Labute approximate surface area is 130 Å². The molecule has 2 atom stereocenters. The molecule has 0 heterocycles. The molecule has 1 aliphatic rings. The Morgan fingerprint density at radius 3 is 2.52 bits per heavy atom. The smallest absolute Gasteiger partial charge is 0.330 e. The van der Waals surface area contributed by atoms with E-state index in [0.717, 1.165) is 12.3 Å². The highest BCUT2D eigenvalue weighted by molar-refractivity contribution is 5.81. The molecule has 0 radical (unpaired) electrons. The molecule has 0 spiro atoms. The number of esters is 1. The van der Waals surface area contributed by atoms with Crippen molar-refractivity contribution in [1.29, 1.82) is 0 Å². The number of hydrogen-bond donors (Lipinski definition) is 1. The van der Waals surface area contributed by atoms with Gasteiger partial charge in [0.05, 0.1) is 12.2 Å². The van der Waals surface area contributed by atoms with Crippen LogP contribution in [0.1, 0.15) is 65.7 Å². The Kier molecular flexibility index (Phi) is 12.0. The van der Waals surface area contributed by atoms with Gasteiger partial charge in [0.25, 0.3) is 0 Å². The van der Waals surface area contributed by atoms with Crippen molar-refractivity contribution in [3.63, 3.8) is 0 Å². The average Bonchev–Trinajstić information content (AvgIpc) is 3.00. The van der Waals surface area contributed by atoms with Gasteiger partial charge in [0.2, 0.25) is 0 Å². The molecule has 0 aromatic carbocycles. The highest BCUT2D eigenvalue weighted by Crippen LogP contribution is 2.27. The fraction of sp³-hybridized carbons (Fsp3) is 0.722. The molecule has 0 bridgehead atoms. The van der Waals surface area contributed by atoms with Crippen molar-refractivity contribution < 1.29 is 14.6 Å². The van der Waals surface area contributed by atoms with Gasteiger partial charge in [-0.25, -0.2) is 4.79 Å². The summed E-state index contributed by atoms with van der Waals surface area (Å²) >= 11 is 0. The summed E-state index contributed by atoms with van der Waals surface area (Å²) < 4.78 is 5.24. The van der Waals surface area contributed by atoms with Gasteiger partial charge in [-0.1, -0.05) is 51.7 Å². The number of hydrogen-bond acceptors (Lipinski definition) is 3. The second-order valence-corrected chi connectivity index (χ2v) is 5.42. The molecule has 1 fully saturated rings. The van der Waals surface area contributed by atoms with E-state index < -0.39 is 6.10 Å². The highest BCUT2D eigenvalue weighted by atomic mass is 16.5. The summed E-state index contributed by atoms with van der Waals surface area (Å²) in [4.78, 5) is 11.5. The fourth-order valence-electron chi connectivity index (χ4n) is 2.42. The first-order chi connectivity index (χ1) is 10.1. The zero-order valence-electron chi connectivity index (χ0n) is 13.9. The van der Waals surface area contributed by atoms with Crippen LogP contribution in [0.4, 0.5) is 0 Å². The molecule has 3 heteroatoms. The van der Waals surface area contributed by atoms with Crippen molar-refractivity contribution in [2.24, 2.45) is 5.92 Å². The third kappa shape index (κ3) is 10.3. The minimum Gasteiger partial charge on any atom is -0.460 e. The molecule has 1 rings (SSSR count). The SMILES string of the molecule is C=CC(O)CCC(C)OC(=O)/C=C/CC1CCCC1.CC. The molecule has 122 valence electrons. The molecule has 21 heavy (non-hydrogen) atoms. The van der Waals surface area contributed by atoms with Crippen molar-refractivity contribution in [3.8, 4) is 0 Å². The van der Waals surface area contributed by atoms with Gasteiger partial charge in [0.1, 0.15) is 0 Å². The lowest BCUT2D eigenvalue weighted by Gasteiger charge is -2.13. The normalized spacial score (nSPS) is 17.9. The maximum Gasteiger partial charge on any atom is 0.330 e. The molecule has 0 aliphatic heterocycles. The van der Waals surface area contributed by atoms with Crippen molar-refractivity contribution in [1.82, 2.24) is 0 Å². The maximum atomic E-state index is 11.5. The molecule has 0 saturated heterocycles. The van der Waals surface area contributed by atoms with Crippen LogP contribution in [0.5, 0.6) is 0 Å². The van der Waals surface area contributed by atoms with Crippen LogP contribution < -0.4 is 0 Å². The third-order valence-corrected chi connectivity index (χ3v) is 3.66. The molecule has 0 aromatic rings. The summed E-state index contributed by atoms with van der Waals surface area (Å²) in [6, 6.07) is 0. The van der Waals surface area contributed by atoms with Crippen LogP contribution in [-0.2, 0) is 9.53 Å². The van der Waals surface area contributed by atoms with Gasteiger partial charge in [-0.2, -0.15) is 0 Å². The van der Waals surface area contributed by atoms with Crippen LogP contribution >= 0.6 is 0 Å². The number of aliphatic hydroxyl groups excluding tert-OH is 1. The van der Waals surface area contributed by atoms with Crippen molar-refractivity contribution in [2.45, 2.75) is 77.9 Å². The van der Waals surface area contributed by atoms with Crippen LogP contribution in [-0.4, -0.2) is 23.3 Å². The third-order valence-electron chi connectivity index (χ3n) is 3.66. The van der Waals surface area contributed by atoms with E-state index in [9.17, 15) is 9.90 Å². The zero-order chi connectivity index (χ0) is 16.1. The van der Waals surface area contributed by atoms with Crippen molar-refractivity contribution in [3.05, 3.63) is 24.8 Å². The minimum absolute atomic E-state index is 0.168. The second-order valence-electron chi connectivity index (χ2n) is 5.42. The first-order valence-electron chi connectivity index (χ1n) is 8.29. The summed E-state index contributed by atoms with van der Waals surface area (Å²) in [5, 5.41) is 9.33. The van der Waals surface area contributed by atoms with Gasteiger partial charge in [-0.05, 0) is 32.1 Å². The number of allylic oxidation sites excluding steroid dienone is 1. The van der Waals surface area contributed by atoms with E-state index in [-0.39, 0.29) is 12.1 Å². The number of carbonyl (C=O) groups excluding carboxylic acids is 1. The summed E-state index contributed by atoms with van der Waals surface area (Å²) in [6.45, 7) is 9.35. The molecule has 1 aliphatic carbocycles. The molecule has 1 N–H and O–H groups in total. The van der Waals surface area contributed by atoms with Gasteiger partial charge in [0, 0.05) is 6.08 Å². The van der Waals surface area contributed by atoms with Gasteiger partial charge in [-0.15, -0.1) is 6.58 Å². The Bertz CT molecular complexity index is 304. The molecule has 3 nitrogen and oxygen atoms in total. The summed E-state index contributed by atoms with van der Waals surface area (Å²) in [5.41, 5.74) is 0. The molecular formula is C18H32O3. The lowest BCUT2D eigenvalue weighted by atomic mass is 10.0. The van der Waals surface area contributed by atoms with E-state index in [0.29, 0.717) is 12.8 Å². The number of ether oxygens (including phenoxy) is 1. The van der Waals surface area contributed by atoms with E-state index in [1.807, 2.05) is 26.8 Å². The van der Waals surface area contributed by atoms with Crippen LogP contribution in [0.15, 0.2) is 24.8 Å². The second kappa shape index (κ2) is 12.6. The predicted molar refractivity (Wildman–Crippen MR) is 88.1 cm³/mol. The lowest BCUT2D eigenvalue weighted by molar-refractivity contribution is -0.142. The molecule has 1 saturated carbocycles. The molecule has 0 amide bonds. The fourth-order valence-corrected chi connectivity index (χ4v) is 2.42. The number of carbonyl (C=O) groups is 1. The molecule has 0 aromatic heterocycles. The van der Waals surface area contributed by atoms with E-state index in [4.69, 9.17) is 4.74 Å². The lowest BCUT2D eigenvalue weighted by Crippen LogP contribution is -2.15. The summed E-state index contributed by atoms with van der Waals surface area (Å²) in [7, 11) is 0. The largest absolute Gasteiger partial charge is 0.460 e. The quantitative estimate of drug-likeness (QED) is 0.410. The monoisotopic (exact) mass is 296 g/mol. The Morgan fingerprint density at radius 2 is 1.95 bits per heavy atom. The van der Waals surface area contributed by atoms with Gasteiger partial charge in [-0.3, -0.25) is 0 Å². The van der Waals surface area contributed by atoms with Gasteiger partial charge < -0.3 is 9.84 Å². The Balaban J connectivity index is 0.00000191. The van der Waals surface area contributed by atoms with Gasteiger partial charge in [0.15, 0.2) is 0 Å². The highest BCUT2D eigenvalue weighted by Gasteiger charge is 2.13. The van der Waals surface area contributed by atoms with Crippen molar-refractivity contribution in [2.75, 3.05) is 0 Å². The van der Waals surface area contributed by atoms with Crippen LogP contribution in [0.25, 0.3) is 0 Å². The zero-order valence-corrected chi connectivity index (χ0v) is 13.9. The van der Waals surface area contributed by atoms with E-state index in [2.05, 4.69) is 6.58 Å². The van der Waals surface area contributed by atoms with E-state index in [1.54, 1.807) is 6.08 Å². The summed E-state index contributed by atoms with van der Waals surface area (Å²) in [6.07, 6.45) is 11.7. The maximum absolute atomic E-state index is 11.5. The predicted octanol–water partition coefficient (Wildman–Crippen LogP) is 4.41. The van der Waals surface area contributed by atoms with E-state index in [1.165, 1.54) is 31.8 Å². The molecule has 2 unspecified atom stereocenters. The van der Waals surface area contributed by atoms with Crippen LogP contribution in [0.2, 0.25) is 0 Å². The first kappa shape index (κ1) is 19.9. The van der Waals surface area contributed by atoms with Gasteiger partial charge >= 0.3 is 5.97 Å². The topological polar surface area (TPSA) is 46.5 Å². The Morgan fingerprint density at radius 1 is 1.33 bits per heavy atom. The van der Waals surface area contributed by atoms with Crippen LogP contribution in [0, 0.1) is 5.92 Å². The van der Waals surface area contributed by atoms with Crippen molar-refractivity contribution >= 4 is 5.97 Å². The summed E-state index contributed by atoms with van der Waals surface area (Å²) in [5.74, 6) is 0.475. The first-order valence-corrected chi connectivity index (χ1v) is 8.29. The van der Waals surface area contributed by atoms with Crippen LogP contribution in [0.3, 0.4) is 0 Å². The number of rotatable bonds is 8. The average molecular weight is 296 g/mol. The molecular weight excluding hydrogens is 264 g/mol. The Hall–Kier alpha value is -1.09. The minimum atomic E-state index is -0.515. The standard InChI is InChI=1S/C16H26O3.C2H6/c1-3-15(17)12-11-13(2)19-16(18)10-6-9-14-7-4-5-8-14;1-2/h3,6,10,13-15,17H,1,4-5,7-9,11-12H2,2H3;1-2H3/b10-6+;. The number of aliphatic hydroxyl groups is 1. The van der Waals surface area contributed by atoms with E-state index >= 15 is 0 Å².